The minimum Gasteiger partial charge on any atom is -0.366 e. The number of nitrogens with zero attached hydrogens (tertiary/aromatic N) is 2. The van der Waals surface area contributed by atoms with Crippen molar-refractivity contribution in [2.24, 2.45) is 5.73 Å². The Kier molecular flexibility index (Phi) is 5.62. The number of fused-ring (bicyclic) bond motifs is 2. The van der Waals surface area contributed by atoms with E-state index in [1.807, 2.05) is 42.5 Å². The minimum absolute atomic E-state index is 0.269. The number of aromatic amines is 1. The molecular weight excluding hydrogens is 500 g/mol. The molecule has 0 saturated heterocycles. The normalized spacial score (nSPS) is 11.2. The van der Waals surface area contributed by atoms with E-state index in [1.54, 1.807) is 48.7 Å². The van der Waals surface area contributed by atoms with E-state index in [0.29, 0.717) is 38.3 Å². The molecule has 0 bridgehead atoms. The van der Waals surface area contributed by atoms with Crippen molar-refractivity contribution in [1.29, 1.82) is 0 Å². The van der Waals surface area contributed by atoms with Gasteiger partial charge in [-0.25, -0.2) is 9.36 Å². The number of pyridine rings is 1. The van der Waals surface area contributed by atoms with E-state index in [0.717, 1.165) is 20.9 Å². The molecule has 4 aromatic carbocycles. The second-order valence-electron chi connectivity index (χ2n) is 8.82. The van der Waals surface area contributed by atoms with Crippen LogP contribution in [0.15, 0.2) is 107 Å². The molecule has 0 aliphatic carbocycles. The van der Waals surface area contributed by atoms with Crippen LogP contribution >= 0.6 is 11.6 Å². The SMILES string of the molecule is NC(=O)c1cncc(-c2cccc(Cl)c2-c2ccc3c(=O)n(-c4cccc5ccccc45)c(=O)[nH]c3c2)c1. The van der Waals surface area contributed by atoms with Crippen LogP contribution in [0.25, 0.3) is 49.6 Å². The van der Waals surface area contributed by atoms with Crippen molar-refractivity contribution in [3.8, 4) is 27.9 Å². The van der Waals surface area contributed by atoms with Gasteiger partial charge >= 0.3 is 5.69 Å². The van der Waals surface area contributed by atoms with Gasteiger partial charge in [-0.3, -0.25) is 14.6 Å². The molecule has 0 spiro atoms. The standard InChI is InChI=1S/C30H19ClN4O3/c31-24-9-4-8-22(19-13-20(28(32)36)16-33-15-19)27(24)18-11-12-23-25(14-18)34-30(38)35(29(23)37)26-10-3-6-17-5-1-2-7-21(17)26/h1-16H,(H2,32,36)(H,34,38). The van der Waals surface area contributed by atoms with E-state index in [2.05, 4.69) is 9.97 Å². The van der Waals surface area contributed by atoms with Crippen LogP contribution in [0, 0.1) is 0 Å². The van der Waals surface area contributed by atoms with Crippen LogP contribution in [-0.4, -0.2) is 20.4 Å². The van der Waals surface area contributed by atoms with Gasteiger partial charge in [0.2, 0.25) is 5.91 Å². The van der Waals surface area contributed by atoms with Gasteiger partial charge in [-0.1, -0.05) is 66.2 Å². The van der Waals surface area contributed by atoms with Crippen LogP contribution in [0.2, 0.25) is 5.02 Å². The number of hydrogen-bond donors (Lipinski definition) is 2. The Morgan fingerprint density at radius 1 is 0.842 bits per heavy atom. The topological polar surface area (TPSA) is 111 Å². The molecule has 3 N–H and O–H groups in total. The number of hydrogen-bond acceptors (Lipinski definition) is 4. The molecule has 8 heteroatoms. The van der Waals surface area contributed by atoms with E-state index in [9.17, 15) is 14.4 Å². The average Bonchev–Trinajstić information content (AvgIpc) is 2.93. The Bertz CT molecular complexity index is 2020. The van der Waals surface area contributed by atoms with E-state index in [1.165, 1.54) is 6.20 Å². The molecule has 0 radical (unpaired) electrons. The maximum absolute atomic E-state index is 13.6. The van der Waals surface area contributed by atoms with Crippen LogP contribution < -0.4 is 17.0 Å². The Morgan fingerprint density at radius 2 is 1.63 bits per heavy atom. The molecule has 0 unspecified atom stereocenters. The number of aromatic nitrogens is 3. The molecule has 184 valence electrons. The molecule has 6 aromatic rings. The van der Waals surface area contributed by atoms with Crippen molar-refractivity contribution in [2.45, 2.75) is 0 Å². The zero-order chi connectivity index (χ0) is 26.4. The van der Waals surface area contributed by atoms with Crippen LogP contribution in [0.1, 0.15) is 10.4 Å². The molecule has 0 fully saturated rings. The molecular formula is C30H19ClN4O3. The van der Waals surface area contributed by atoms with Gasteiger partial charge in [-0.05, 0) is 46.8 Å². The molecule has 2 heterocycles. The predicted molar refractivity (Wildman–Crippen MR) is 150 cm³/mol. The van der Waals surface area contributed by atoms with E-state index >= 15 is 0 Å². The maximum Gasteiger partial charge on any atom is 0.333 e. The fourth-order valence-corrected chi connectivity index (χ4v) is 5.06. The highest BCUT2D eigenvalue weighted by molar-refractivity contribution is 6.34. The molecule has 0 saturated carbocycles. The lowest BCUT2D eigenvalue weighted by Crippen LogP contribution is -2.33. The van der Waals surface area contributed by atoms with Crippen LogP contribution in [0.4, 0.5) is 0 Å². The summed E-state index contributed by atoms with van der Waals surface area (Å²) in [5, 5.41) is 2.53. The fourth-order valence-electron chi connectivity index (χ4n) is 4.78. The van der Waals surface area contributed by atoms with Crippen molar-refractivity contribution < 1.29 is 4.79 Å². The summed E-state index contributed by atoms with van der Waals surface area (Å²) in [4.78, 5) is 45.5. The summed E-state index contributed by atoms with van der Waals surface area (Å²) in [6, 6.07) is 25.3. The quantitative estimate of drug-likeness (QED) is 0.329. The first-order valence-electron chi connectivity index (χ1n) is 11.7. The molecule has 1 amide bonds. The smallest absolute Gasteiger partial charge is 0.333 e. The van der Waals surface area contributed by atoms with Crippen molar-refractivity contribution in [2.75, 3.05) is 0 Å². The molecule has 0 atom stereocenters. The molecule has 38 heavy (non-hydrogen) atoms. The summed E-state index contributed by atoms with van der Waals surface area (Å²) in [7, 11) is 0. The zero-order valence-electron chi connectivity index (χ0n) is 19.8. The Labute approximate surface area is 220 Å². The van der Waals surface area contributed by atoms with Gasteiger partial charge < -0.3 is 10.7 Å². The van der Waals surface area contributed by atoms with Gasteiger partial charge in [0.25, 0.3) is 5.56 Å². The number of rotatable bonds is 4. The zero-order valence-corrected chi connectivity index (χ0v) is 20.6. The summed E-state index contributed by atoms with van der Waals surface area (Å²) < 4.78 is 1.16. The molecule has 2 aromatic heterocycles. The molecule has 7 nitrogen and oxygen atoms in total. The van der Waals surface area contributed by atoms with Crippen molar-refractivity contribution >= 4 is 39.2 Å². The van der Waals surface area contributed by atoms with E-state index in [4.69, 9.17) is 17.3 Å². The summed E-state index contributed by atoms with van der Waals surface area (Å²) in [6.07, 6.45) is 3.02. The van der Waals surface area contributed by atoms with Crippen molar-refractivity contribution in [1.82, 2.24) is 14.5 Å². The van der Waals surface area contributed by atoms with Crippen LogP contribution in [-0.2, 0) is 0 Å². The lowest BCUT2D eigenvalue weighted by atomic mass is 9.94. The highest BCUT2D eigenvalue weighted by Gasteiger charge is 2.16. The van der Waals surface area contributed by atoms with Gasteiger partial charge in [0.05, 0.1) is 22.2 Å². The summed E-state index contributed by atoms with van der Waals surface area (Å²) >= 11 is 6.64. The summed E-state index contributed by atoms with van der Waals surface area (Å²) in [5.74, 6) is -0.589. The van der Waals surface area contributed by atoms with Crippen molar-refractivity contribution in [3.63, 3.8) is 0 Å². The molecule has 0 aliphatic rings. The lowest BCUT2D eigenvalue weighted by Gasteiger charge is -2.14. The Morgan fingerprint density at radius 3 is 2.47 bits per heavy atom. The molecule has 6 rings (SSSR count). The third-order valence-electron chi connectivity index (χ3n) is 6.54. The number of benzene rings is 4. The van der Waals surface area contributed by atoms with Crippen LogP contribution in [0.3, 0.4) is 0 Å². The number of nitrogens with two attached hydrogens (primary N) is 1. The predicted octanol–water partition coefficient (Wildman–Crippen LogP) is 5.31. The summed E-state index contributed by atoms with van der Waals surface area (Å²) in [5.41, 5.74) is 8.35. The van der Waals surface area contributed by atoms with Gasteiger partial charge in [0, 0.05) is 33.9 Å². The number of nitrogens with one attached hydrogen (secondary N) is 1. The van der Waals surface area contributed by atoms with Gasteiger partial charge in [-0.2, -0.15) is 0 Å². The van der Waals surface area contributed by atoms with Crippen LogP contribution in [0.5, 0.6) is 0 Å². The first kappa shape index (κ1) is 23.4. The van der Waals surface area contributed by atoms with Gasteiger partial charge in [0.15, 0.2) is 0 Å². The number of carbonyl (C=O) groups excluding carboxylic acids is 1. The number of amides is 1. The Balaban J connectivity index is 1.55. The highest BCUT2D eigenvalue weighted by Crippen LogP contribution is 2.38. The minimum atomic E-state index is -0.589. The number of carbonyl (C=O) groups is 1. The second kappa shape index (κ2) is 9.14. The van der Waals surface area contributed by atoms with E-state index in [-0.39, 0.29) is 5.56 Å². The number of primary amides is 1. The Hall–Kier alpha value is -5.01. The number of halogens is 1. The first-order valence-corrected chi connectivity index (χ1v) is 12.1. The number of H-pyrrole nitrogens is 1. The monoisotopic (exact) mass is 518 g/mol. The molecule has 0 aliphatic heterocycles. The average molecular weight is 519 g/mol. The van der Waals surface area contributed by atoms with E-state index < -0.39 is 17.2 Å². The highest BCUT2D eigenvalue weighted by atomic mass is 35.5. The van der Waals surface area contributed by atoms with Gasteiger partial charge in [0.1, 0.15) is 0 Å². The second-order valence-corrected chi connectivity index (χ2v) is 9.23. The van der Waals surface area contributed by atoms with Crippen molar-refractivity contribution in [3.05, 3.63) is 129 Å². The maximum atomic E-state index is 13.6. The first-order chi connectivity index (χ1) is 18.4. The summed E-state index contributed by atoms with van der Waals surface area (Å²) in [6.45, 7) is 0. The largest absolute Gasteiger partial charge is 0.366 e. The fraction of sp³-hybridized carbons (Fsp3) is 0. The third-order valence-corrected chi connectivity index (χ3v) is 6.86. The van der Waals surface area contributed by atoms with Gasteiger partial charge in [-0.15, -0.1) is 0 Å². The third kappa shape index (κ3) is 3.86. The lowest BCUT2D eigenvalue weighted by molar-refractivity contribution is 0.1000.